The highest BCUT2D eigenvalue weighted by Gasteiger charge is 1.91. The van der Waals surface area contributed by atoms with Crippen molar-refractivity contribution in [1.82, 2.24) is 0 Å². The molecule has 0 aliphatic heterocycles. The maximum Gasteiger partial charge on any atom is 0.106 e. The van der Waals surface area contributed by atoms with E-state index in [1.165, 1.54) is 75.6 Å². The van der Waals surface area contributed by atoms with E-state index in [-0.39, 0.29) is 5.48 Å². The highest BCUT2D eigenvalue weighted by molar-refractivity contribution is 5.48. The van der Waals surface area contributed by atoms with E-state index in [0.717, 1.165) is 76.6 Å². The average molecular weight is 1460 g/mol. The number of carbonyl (C=O) groups is 1. The Bertz CT molecular complexity index is 3030. The zero-order valence-electron chi connectivity index (χ0n) is 66.0. The smallest absolute Gasteiger partial charge is 0.106 e. The van der Waals surface area contributed by atoms with Gasteiger partial charge in [0.2, 0.25) is 0 Å². The molecular formula is C94H133N12O2-. The monoisotopic (exact) mass is 1460 g/mol. The number of nitrogen functional groups attached to an aromatic ring is 8. The highest BCUT2D eigenvalue weighted by atomic mass is 16.1. The summed E-state index contributed by atoms with van der Waals surface area (Å²) in [7, 11) is 0. The van der Waals surface area contributed by atoms with Crippen LogP contribution in [0.5, 0.6) is 0 Å². The number of carbonyl (C=O) groups excluding carboxylic acids is 1. The van der Waals surface area contributed by atoms with Gasteiger partial charge in [-0.05, 0) is 158 Å². The van der Waals surface area contributed by atoms with Crippen LogP contribution in [-0.2, 0) is 4.79 Å². The summed E-state index contributed by atoms with van der Waals surface area (Å²) in [5.41, 5.74) is 54.1. The van der Waals surface area contributed by atoms with Crippen LogP contribution >= 0.6 is 0 Å². The van der Waals surface area contributed by atoms with Crippen molar-refractivity contribution in [1.29, 1.82) is 0 Å². The first kappa shape index (κ1) is 102. The van der Waals surface area contributed by atoms with Gasteiger partial charge < -0.3 is 77.4 Å². The summed E-state index contributed by atoms with van der Waals surface area (Å²) >= 11 is 0. The first-order chi connectivity index (χ1) is 52.2. The molecule has 14 nitrogen and oxygen atoms in total. The Balaban J connectivity index is -0.000000544. The molecular weight excluding hydrogens is 1330 g/mol. The molecule has 582 valence electrons. The van der Waals surface area contributed by atoms with E-state index in [9.17, 15) is 0 Å². The first-order valence-corrected chi connectivity index (χ1v) is 37.1. The van der Waals surface area contributed by atoms with Gasteiger partial charge in [-0.3, -0.25) is 0 Å². The predicted octanol–water partition coefficient (Wildman–Crippen LogP) is 24.2. The van der Waals surface area contributed by atoms with E-state index in [1.807, 2.05) is 347 Å². The number of para-hydroxylation sites is 12. The van der Waals surface area contributed by atoms with Gasteiger partial charge in [0.25, 0.3) is 0 Å². The van der Waals surface area contributed by atoms with Crippen LogP contribution < -0.4 is 67.1 Å². The highest BCUT2D eigenvalue weighted by Crippen LogP contribution is 2.09. The van der Waals surface area contributed by atoms with E-state index in [0.29, 0.717) is 0 Å². The molecule has 0 heterocycles. The van der Waals surface area contributed by atoms with E-state index in [4.69, 9.17) is 50.7 Å². The van der Waals surface area contributed by atoms with Crippen molar-refractivity contribution in [2.75, 3.05) is 86.9 Å². The normalized spacial score (nSPS) is 8.59. The fraction of sp³-hybridized carbons (Fsp3) is 0.223. The van der Waals surface area contributed by atoms with Crippen LogP contribution in [0.4, 0.5) is 68.2 Å². The van der Waals surface area contributed by atoms with Crippen molar-refractivity contribution in [2.24, 2.45) is 0 Å². The Kier molecular flexibility index (Phi) is 77.8. The average Bonchev–Trinajstić information content (AvgIpc) is 1.03. The zero-order chi connectivity index (χ0) is 79.4. The van der Waals surface area contributed by atoms with Crippen molar-refractivity contribution in [3.63, 3.8) is 0 Å². The maximum absolute atomic E-state index is 8.00. The van der Waals surface area contributed by atoms with Gasteiger partial charge in [0.05, 0.1) is 6.67 Å². The van der Waals surface area contributed by atoms with Gasteiger partial charge in [0, 0.05) is 81.3 Å². The molecule has 0 saturated carbocycles. The Hall–Kier alpha value is -12.1. The molecule has 0 fully saturated rings. The molecule has 0 saturated heterocycles. The lowest BCUT2D eigenvalue weighted by atomic mass is 10.3. The van der Waals surface area contributed by atoms with Gasteiger partial charge in [-0.15, -0.1) is 0 Å². The zero-order valence-corrected chi connectivity index (χ0v) is 66.0. The molecule has 12 rings (SSSR count). The number of rotatable bonds is 15. The number of nitrogens with one attached hydrogen (secondary N) is 4. The van der Waals surface area contributed by atoms with Gasteiger partial charge in [-0.25, -0.2) is 0 Å². The quantitative estimate of drug-likeness (QED) is 0.0336. The van der Waals surface area contributed by atoms with Crippen molar-refractivity contribution in [3.8, 4) is 0 Å². The van der Waals surface area contributed by atoms with Crippen molar-refractivity contribution in [3.05, 3.63) is 364 Å². The minimum Gasteiger partial charge on any atom is -0.870 e. The van der Waals surface area contributed by atoms with Gasteiger partial charge in [-0.2, -0.15) is 0 Å². The Labute approximate surface area is 652 Å². The number of hydrogen-bond donors (Lipinski definition) is 12. The predicted molar refractivity (Wildman–Crippen MR) is 482 cm³/mol. The minimum atomic E-state index is 0. The van der Waals surface area contributed by atoms with Crippen LogP contribution in [-0.4, -0.2) is 32.0 Å². The molecule has 12 aromatic rings. The van der Waals surface area contributed by atoms with E-state index in [2.05, 4.69) is 101 Å². The summed E-state index contributed by atoms with van der Waals surface area (Å²) in [4.78, 5) is 8.00. The molecule has 14 heteroatoms. The van der Waals surface area contributed by atoms with Crippen LogP contribution in [0.1, 0.15) is 120 Å². The summed E-state index contributed by atoms with van der Waals surface area (Å²) in [6.45, 7) is 22.4. The molecule has 0 amide bonds. The SMILES string of the molecule is C=O.CCCC.CCCCC.CCCCC.CCCNc1ccccc1.CCCNc1ccccc1.Nc1ccccc1.Nc1ccccc1.Nc1ccccc1.Nc1ccccc1.Nc1ccccc1.Nc1ccccc1.Nc1ccccc1.Nc1ccccc1.[OH-].c1ccc(NCNc2ccccc2)cc1. The molecule has 0 aliphatic carbocycles. The molecule has 0 aliphatic rings. The summed E-state index contributed by atoms with van der Waals surface area (Å²) in [6, 6.07) is 117. The van der Waals surface area contributed by atoms with Crippen LogP contribution in [0.2, 0.25) is 0 Å². The number of nitrogens with two attached hydrogens (primary N) is 8. The Morgan fingerprint density at radius 3 is 0.417 bits per heavy atom. The van der Waals surface area contributed by atoms with Gasteiger partial charge in [-0.1, -0.05) is 325 Å². The summed E-state index contributed by atoms with van der Waals surface area (Å²) in [5.74, 6) is 0. The number of unbranched alkanes of at least 4 members (excludes halogenated alkanes) is 5. The number of benzene rings is 12. The minimum absolute atomic E-state index is 0. The summed E-state index contributed by atoms with van der Waals surface area (Å²) < 4.78 is 0. The topological polar surface area (TPSA) is 303 Å². The largest absolute Gasteiger partial charge is 0.870 e. The van der Waals surface area contributed by atoms with Crippen molar-refractivity contribution in [2.45, 2.75) is 120 Å². The number of hydrogen-bond acceptors (Lipinski definition) is 14. The van der Waals surface area contributed by atoms with Gasteiger partial charge in [0.1, 0.15) is 6.79 Å². The maximum atomic E-state index is 8.00. The van der Waals surface area contributed by atoms with Crippen LogP contribution in [0.25, 0.3) is 0 Å². The van der Waals surface area contributed by atoms with Crippen LogP contribution in [0, 0.1) is 0 Å². The molecule has 108 heavy (non-hydrogen) atoms. The summed E-state index contributed by atoms with van der Waals surface area (Å²) in [6.07, 6.45) is 13.1. The van der Waals surface area contributed by atoms with Gasteiger partial charge in [0.15, 0.2) is 0 Å². The molecule has 0 spiro atoms. The Morgan fingerprint density at radius 2 is 0.324 bits per heavy atom. The fourth-order valence-corrected chi connectivity index (χ4v) is 7.34. The first-order valence-electron chi connectivity index (χ1n) is 37.1. The molecule has 0 unspecified atom stereocenters. The standard InChI is InChI=1S/C13H14N2.2C9H13N.8C6H7N.2C5H12.C4H10.CH2O.H2O/c1-3-7-12(8-4-1)14-11-15-13-9-5-2-6-10-13;2*1-2-8-10-9-6-4-3-5-7-9;8*7-6-4-2-1-3-5-6;2*1-3-5-4-2;1-3-4-2;1-2;/h1-10,14-15H,11H2;2*3-7,10H,2,8H2,1H3;8*1-5H,7H2;2*3-5H2,1-2H3;3-4H2,1-2H3;1H2;1H2/p-1. The van der Waals surface area contributed by atoms with Crippen LogP contribution in [0.15, 0.2) is 364 Å². The molecule has 21 N–H and O–H groups in total. The fourth-order valence-electron chi connectivity index (χ4n) is 7.34. The molecule has 0 radical (unpaired) electrons. The molecule has 12 aromatic carbocycles. The van der Waals surface area contributed by atoms with E-state index < -0.39 is 0 Å². The Morgan fingerprint density at radius 1 is 0.194 bits per heavy atom. The van der Waals surface area contributed by atoms with Crippen LogP contribution in [0.3, 0.4) is 0 Å². The molecule has 0 aromatic heterocycles. The third-order valence-electron chi connectivity index (χ3n) is 13.1. The summed E-state index contributed by atoms with van der Waals surface area (Å²) in [5, 5.41) is 13.2. The molecule has 0 atom stereocenters. The lowest BCUT2D eigenvalue weighted by Gasteiger charge is -2.08. The third-order valence-corrected chi connectivity index (χ3v) is 13.1. The van der Waals surface area contributed by atoms with Crippen molar-refractivity contribution < 1.29 is 10.3 Å². The van der Waals surface area contributed by atoms with E-state index >= 15 is 0 Å². The molecule has 0 bridgehead atoms. The second-order valence-corrected chi connectivity index (χ2v) is 22.8. The van der Waals surface area contributed by atoms with Gasteiger partial charge >= 0.3 is 0 Å². The number of anilines is 12. The lowest BCUT2D eigenvalue weighted by Crippen LogP contribution is -2.11. The lowest BCUT2D eigenvalue weighted by molar-refractivity contribution is -0.0980. The second kappa shape index (κ2) is 82.2. The third kappa shape index (κ3) is 76.5. The van der Waals surface area contributed by atoms with E-state index in [1.54, 1.807) is 0 Å². The van der Waals surface area contributed by atoms with Crippen molar-refractivity contribution >= 4 is 75.0 Å². The second-order valence-electron chi connectivity index (χ2n) is 22.8.